The number of carbonyl (C=O) groups excluding carboxylic acids is 1. The fourth-order valence-corrected chi connectivity index (χ4v) is 1.56. The Bertz CT molecular complexity index is 321. The Kier molecular flexibility index (Phi) is 3.13. The second-order valence-electron chi connectivity index (χ2n) is 3.61. The van der Waals surface area contributed by atoms with Gasteiger partial charge in [-0.1, -0.05) is 0 Å². The van der Waals surface area contributed by atoms with E-state index in [1.807, 2.05) is 0 Å². The third kappa shape index (κ3) is 2.93. The summed E-state index contributed by atoms with van der Waals surface area (Å²) in [5, 5.41) is 7.29. The Balaban J connectivity index is 2.29. The van der Waals surface area contributed by atoms with Crippen LogP contribution in [0.3, 0.4) is 0 Å². The first kappa shape index (κ1) is 11.4. The SMILES string of the molecule is NCC1(C(=O)NCCS(N)(=O)=O)CC1. The maximum atomic E-state index is 11.4. The van der Waals surface area contributed by atoms with Gasteiger partial charge < -0.3 is 11.1 Å². The molecule has 0 radical (unpaired) electrons. The first-order valence-corrected chi connectivity index (χ1v) is 6.10. The van der Waals surface area contributed by atoms with Crippen molar-refractivity contribution in [1.29, 1.82) is 0 Å². The molecule has 0 saturated heterocycles. The molecule has 0 heterocycles. The van der Waals surface area contributed by atoms with Crippen LogP contribution in [-0.4, -0.2) is 33.2 Å². The van der Waals surface area contributed by atoms with Gasteiger partial charge in [-0.25, -0.2) is 13.6 Å². The van der Waals surface area contributed by atoms with E-state index in [-0.39, 0.29) is 18.2 Å². The van der Waals surface area contributed by atoms with Crippen molar-refractivity contribution >= 4 is 15.9 Å². The second kappa shape index (κ2) is 3.84. The molecule has 1 rings (SSSR count). The van der Waals surface area contributed by atoms with Crippen LogP contribution in [0.2, 0.25) is 0 Å². The van der Waals surface area contributed by atoms with Gasteiger partial charge >= 0.3 is 0 Å². The van der Waals surface area contributed by atoms with Crippen LogP contribution in [0.5, 0.6) is 0 Å². The number of hydrogen-bond acceptors (Lipinski definition) is 4. The molecule has 1 aliphatic carbocycles. The Morgan fingerprint density at radius 1 is 1.43 bits per heavy atom. The second-order valence-corrected chi connectivity index (χ2v) is 5.34. The largest absolute Gasteiger partial charge is 0.355 e. The fraction of sp³-hybridized carbons (Fsp3) is 0.857. The van der Waals surface area contributed by atoms with Crippen molar-refractivity contribution in [3.05, 3.63) is 0 Å². The molecule has 7 heteroatoms. The Labute approximate surface area is 83.1 Å². The van der Waals surface area contributed by atoms with Gasteiger partial charge in [-0.05, 0) is 12.8 Å². The van der Waals surface area contributed by atoms with Crippen molar-refractivity contribution in [2.75, 3.05) is 18.8 Å². The van der Waals surface area contributed by atoms with Crippen LogP contribution >= 0.6 is 0 Å². The lowest BCUT2D eigenvalue weighted by molar-refractivity contribution is -0.125. The summed E-state index contributed by atoms with van der Waals surface area (Å²) < 4.78 is 21.1. The molecule has 0 aromatic rings. The van der Waals surface area contributed by atoms with Crippen LogP contribution in [-0.2, 0) is 14.8 Å². The predicted molar refractivity (Wildman–Crippen MR) is 51.7 cm³/mol. The number of rotatable bonds is 5. The molecule has 14 heavy (non-hydrogen) atoms. The minimum Gasteiger partial charge on any atom is -0.355 e. The van der Waals surface area contributed by atoms with Gasteiger partial charge in [0.25, 0.3) is 0 Å². The van der Waals surface area contributed by atoms with Gasteiger partial charge in [-0.15, -0.1) is 0 Å². The third-order valence-electron chi connectivity index (χ3n) is 2.40. The van der Waals surface area contributed by atoms with Gasteiger partial charge in [0.2, 0.25) is 15.9 Å². The number of primary sulfonamides is 1. The lowest BCUT2D eigenvalue weighted by atomic mass is 10.1. The Morgan fingerprint density at radius 3 is 2.36 bits per heavy atom. The van der Waals surface area contributed by atoms with Crippen molar-refractivity contribution in [1.82, 2.24) is 5.32 Å². The molecule has 0 aromatic carbocycles. The Hall–Kier alpha value is -0.660. The summed E-state index contributed by atoms with van der Waals surface area (Å²) in [4.78, 5) is 11.4. The van der Waals surface area contributed by atoms with E-state index < -0.39 is 15.4 Å². The lowest BCUT2D eigenvalue weighted by Crippen LogP contribution is -2.39. The van der Waals surface area contributed by atoms with Gasteiger partial charge in [-0.2, -0.15) is 0 Å². The molecule has 0 unspecified atom stereocenters. The number of hydrogen-bond donors (Lipinski definition) is 3. The van der Waals surface area contributed by atoms with Crippen LogP contribution in [0.25, 0.3) is 0 Å². The van der Waals surface area contributed by atoms with Crippen molar-refractivity contribution in [2.24, 2.45) is 16.3 Å². The summed E-state index contributed by atoms with van der Waals surface area (Å²) in [6, 6.07) is 0. The molecule has 0 bridgehead atoms. The molecule has 0 spiro atoms. The van der Waals surface area contributed by atoms with Crippen molar-refractivity contribution in [3.8, 4) is 0 Å². The van der Waals surface area contributed by atoms with E-state index in [2.05, 4.69) is 5.32 Å². The van der Waals surface area contributed by atoms with E-state index in [0.717, 1.165) is 12.8 Å². The van der Waals surface area contributed by atoms with Crippen molar-refractivity contribution in [2.45, 2.75) is 12.8 Å². The van der Waals surface area contributed by atoms with E-state index in [4.69, 9.17) is 10.9 Å². The normalized spacial score (nSPS) is 19.0. The number of carbonyl (C=O) groups is 1. The summed E-state index contributed by atoms with van der Waals surface area (Å²) in [5.74, 6) is -0.400. The summed E-state index contributed by atoms with van der Waals surface area (Å²) in [7, 11) is -3.50. The maximum absolute atomic E-state index is 11.4. The number of nitrogens with two attached hydrogens (primary N) is 2. The van der Waals surface area contributed by atoms with Crippen molar-refractivity contribution in [3.63, 3.8) is 0 Å². The zero-order valence-electron chi connectivity index (χ0n) is 7.82. The van der Waals surface area contributed by atoms with E-state index in [1.54, 1.807) is 0 Å². The summed E-state index contributed by atoms with van der Waals surface area (Å²) >= 11 is 0. The van der Waals surface area contributed by atoms with Crippen LogP contribution in [0.4, 0.5) is 0 Å². The van der Waals surface area contributed by atoms with Crippen LogP contribution < -0.4 is 16.2 Å². The molecule has 0 atom stereocenters. The zero-order chi connectivity index (χ0) is 10.8. The summed E-state index contributed by atoms with van der Waals surface area (Å²) in [6.45, 7) is 0.369. The van der Waals surface area contributed by atoms with E-state index in [1.165, 1.54) is 0 Å². The van der Waals surface area contributed by atoms with Crippen molar-refractivity contribution < 1.29 is 13.2 Å². The predicted octanol–water partition coefficient (Wildman–Crippen LogP) is -1.87. The smallest absolute Gasteiger partial charge is 0.227 e. The number of sulfonamides is 1. The molecule has 1 aliphatic rings. The highest BCUT2D eigenvalue weighted by Crippen LogP contribution is 2.44. The van der Waals surface area contributed by atoms with Gasteiger partial charge in [0.05, 0.1) is 11.2 Å². The lowest BCUT2D eigenvalue weighted by Gasteiger charge is -2.11. The minimum atomic E-state index is -3.50. The van der Waals surface area contributed by atoms with Gasteiger partial charge in [0.15, 0.2) is 0 Å². The van der Waals surface area contributed by atoms with Crippen LogP contribution in [0.15, 0.2) is 0 Å². The Morgan fingerprint density at radius 2 is 2.00 bits per heavy atom. The van der Waals surface area contributed by atoms with E-state index >= 15 is 0 Å². The topological polar surface area (TPSA) is 115 Å². The van der Waals surface area contributed by atoms with Gasteiger partial charge in [0, 0.05) is 13.1 Å². The highest BCUT2D eigenvalue weighted by Gasteiger charge is 2.48. The highest BCUT2D eigenvalue weighted by atomic mass is 32.2. The first-order valence-electron chi connectivity index (χ1n) is 4.38. The molecule has 82 valence electrons. The average Bonchev–Trinajstić information content (AvgIpc) is 2.81. The standard InChI is InChI=1S/C7H15N3O3S/c8-5-7(1-2-7)6(11)10-3-4-14(9,12)13/h1-5,8H2,(H,10,11)(H2,9,12,13). The van der Waals surface area contributed by atoms with Gasteiger partial charge in [0.1, 0.15) is 0 Å². The molecular formula is C7H15N3O3S. The van der Waals surface area contributed by atoms with Gasteiger partial charge in [-0.3, -0.25) is 4.79 Å². The molecule has 6 nitrogen and oxygen atoms in total. The molecule has 1 fully saturated rings. The highest BCUT2D eigenvalue weighted by molar-refractivity contribution is 7.89. The number of nitrogens with one attached hydrogen (secondary N) is 1. The first-order chi connectivity index (χ1) is 6.40. The van der Waals surface area contributed by atoms with E-state index in [0.29, 0.717) is 6.54 Å². The third-order valence-corrected chi connectivity index (χ3v) is 3.17. The molecule has 0 aromatic heterocycles. The summed E-state index contributed by atoms with van der Waals surface area (Å²) in [5.41, 5.74) is 4.99. The quantitative estimate of drug-likeness (QED) is 0.504. The summed E-state index contributed by atoms with van der Waals surface area (Å²) in [6.07, 6.45) is 1.56. The maximum Gasteiger partial charge on any atom is 0.227 e. The molecular weight excluding hydrogens is 206 g/mol. The zero-order valence-corrected chi connectivity index (χ0v) is 8.64. The molecule has 0 aliphatic heterocycles. The molecule has 1 amide bonds. The van der Waals surface area contributed by atoms with E-state index in [9.17, 15) is 13.2 Å². The molecule has 1 saturated carbocycles. The monoisotopic (exact) mass is 221 g/mol. The minimum absolute atomic E-state index is 0.0550. The average molecular weight is 221 g/mol. The van der Waals surface area contributed by atoms with Crippen LogP contribution in [0, 0.1) is 5.41 Å². The fourth-order valence-electron chi connectivity index (χ4n) is 1.17. The van der Waals surface area contributed by atoms with Crippen LogP contribution in [0.1, 0.15) is 12.8 Å². The molecule has 5 N–H and O–H groups in total. The number of amides is 1.